The van der Waals surface area contributed by atoms with Crippen LogP contribution in [0.5, 0.6) is 0 Å². The standard InChI is InChI=1S/C24H31Cl2N3O4S/c1-5-18-8-11-20(12-9-18)29(34(4,32)33)14-6-7-23(30)28(17(2)24(31)27-3)16-19-10-13-21(25)22(26)15-19/h8-13,15,17H,5-7,14,16H2,1-4H3,(H,27,31)/t17-/m1/s1. The first-order valence-electron chi connectivity index (χ1n) is 11.0. The zero-order chi connectivity index (χ0) is 25.5. The largest absolute Gasteiger partial charge is 0.357 e. The van der Waals surface area contributed by atoms with Gasteiger partial charge in [0.15, 0.2) is 0 Å². The molecule has 7 nitrogen and oxygen atoms in total. The minimum absolute atomic E-state index is 0.0712. The SMILES string of the molecule is CCc1ccc(N(CCCC(=O)N(Cc2ccc(Cl)c(Cl)c2)[C@H](C)C(=O)NC)S(C)(=O)=O)cc1. The van der Waals surface area contributed by atoms with Gasteiger partial charge in [0, 0.05) is 26.6 Å². The topological polar surface area (TPSA) is 86.8 Å². The minimum Gasteiger partial charge on any atom is -0.357 e. The third kappa shape index (κ3) is 7.61. The number of nitrogens with zero attached hydrogens (tertiary/aromatic N) is 2. The predicted molar refractivity (Wildman–Crippen MR) is 138 cm³/mol. The van der Waals surface area contributed by atoms with Crippen molar-refractivity contribution < 1.29 is 18.0 Å². The number of carbonyl (C=O) groups is 2. The minimum atomic E-state index is -3.53. The fourth-order valence-corrected chi connectivity index (χ4v) is 4.81. The molecule has 0 aliphatic carbocycles. The summed E-state index contributed by atoms with van der Waals surface area (Å²) in [5.41, 5.74) is 2.39. The summed E-state index contributed by atoms with van der Waals surface area (Å²) in [5.74, 6) is -0.570. The number of likely N-dealkylation sites (N-methyl/N-ethyl adjacent to an activating group) is 1. The number of nitrogens with one attached hydrogen (secondary N) is 1. The van der Waals surface area contributed by atoms with E-state index in [0.717, 1.165) is 23.8 Å². The number of benzene rings is 2. The summed E-state index contributed by atoms with van der Waals surface area (Å²) < 4.78 is 26.1. The van der Waals surface area contributed by atoms with Gasteiger partial charge in [-0.25, -0.2) is 8.42 Å². The number of amides is 2. The van der Waals surface area contributed by atoms with Gasteiger partial charge in [0.2, 0.25) is 21.8 Å². The van der Waals surface area contributed by atoms with Gasteiger partial charge in [-0.1, -0.05) is 48.3 Å². The molecule has 2 aromatic carbocycles. The zero-order valence-corrected chi connectivity index (χ0v) is 22.2. The smallest absolute Gasteiger partial charge is 0.242 e. The summed E-state index contributed by atoms with van der Waals surface area (Å²) >= 11 is 12.1. The van der Waals surface area contributed by atoms with E-state index in [4.69, 9.17) is 23.2 Å². The lowest BCUT2D eigenvalue weighted by Crippen LogP contribution is -2.46. The summed E-state index contributed by atoms with van der Waals surface area (Å²) in [7, 11) is -2.02. The number of hydrogen-bond donors (Lipinski definition) is 1. The molecule has 0 saturated carbocycles. The second-order valence-corrected chi connectivity index (χ2v) is 10.7. The van der Waals surface area contributed by atoms with Gasteiger partial charge >= 0.3 is 0 Å². The molecule has 10 heteroatoms. The van der Waals surface area contributed by atoms with Crippen LogP contribution in [-0.4, -0.2) is 51.0 Å². The number of carbonyl (C=O) groups excluding carboxylic acids is 2. The van der Waals surface area contributed by atoms with E-state index in [1.807, 2.05) is 19.1 Å². The van der Waals surface area contributed by atoms with Crippen LogP contribution in [0.3, 0.4) is 0 Å². The second-order valence-electron chi connectivity index (χ2n) is 8.02. The third-order valence-corrected chi connectivity index (χ3v) is 7.47. The van der Waals surface area contributed by atoms with Gasteiger partial charge in [0.25, 0.3) is 0 Å². The van der Waals surface area contributed by atoms with Crippen molar-refractivity contribution in [3.8, 4) is 0 Å². The molecule has 0 aliphatic heterocycles. The molecule has 0 fully saturated rings. The van der Waals surface area contributed by atoms with Crippen molar-refractivity contribution in [1.82, 2.24) is 10.2 Å². The molecule has 2 amide bonds. The second kappa shape index (κ2) is 12.4. The van der Waals surface area contributed by atoms with Gasteiger partial charge < -0.3 is 10.2 Å². The highest BCUT2D eigenvalue weighted by Crippen LogP contribution is 2.24. The number of sulfonamides is 1. The van der Waals surface area contributed by atoms with Crippen LogP contribution in [0.2, 0.25) is 10.0 Å². The van der Waals surface area contributed by atoms with Crippen molar-refractivity contribution in [2.24, 2.45) is 0 Å². The molecule has 0 aliphatic rings. The molecule has 0 spiro atoms. The van der Waals surface area contributed by atoms with Crippen LogP contribution >= 0.6 is 23.2 Å². The third-order valence-electron chi connectivity index (χ3n) is 5.54. The normalized spacial score (nSPS) is 12.2. The summed E-state index contributed by atoms with van der Waals surface area (Å²) in [5, 5.41) is 3.32. The summed E-state index contributed by atoms with van der Waals surface area (Å²) in [6.07, 6.45) is 2.36. The molecule has 1 atom stereocenters. The Balaban J connectivity index is 2.15. The van der Waals surface area contributed by atoms with Gasteiger partial charge in [0.1, 0.15) is 6.04 Å². The predicted octanol–water partition coefficient (Wildman–Crippen LogP) is 4.27. The Morgan fingerprint density at radius 1 is 1.03 bits per heavy atom. The molecule has 0 bridgehead atoms. The van der Waals surface area contributed by atoms with E-state index < -0.39 is 16.1 Å². The Labute approximate surface area is 212 Å². The van der Waals surface area contributed by atoms with E-state index >= 15 is 0 Å². The molecule has 2 rings (SSSR count). The molecule has 0 unspecified atom stereocenters. The average molecular weight is 529 g/mol. The van der Waals surface area contributed by atoms with Gasteiger partial charge in [0.05, 0.1) is 22.0 Å². The molecule has 0 heterocycles. The highest BCUT2D eigenvalue weighted by atomic mass is 35.5. The molecule has 0 radical (unpaired) electrons. The van der Waals surface area contributed by atoms with Crippen molar-refractivity contribution in [2.45, 2.75) is 45.7 Å². The van der Waals surface area contributed by atoms with E-state index in [1.165, 1.54) is 16.3 Å². The van der Waals surface area contributed by atoms with Crippen molar-refractivity contribution in [2.75, 3.05) is 24.2 Å². The van der Waals surface area contributed by atoms with Gasteiger partial charge in [-0.2, -0.15) is 0 Å². The first-order chi connectivity index (χ1) is 16.0. The summed E-state index contributed by atoms with van der Waals surface area (Å²) in [6.45, 7) is 3.98. The fourth-order valence-electron chi connectivity index (χ4n) is 3.53. The maximum Gasteiger partial charge on any atom is 0.242 e. The molecular weight excluding hydrogens is 497 g/mol. The van der Waals surface area contributed by atoms with Crippen LogP contribution in [0.25, 0.3) is 0 Å². The van der Waals surface area contributed by atoms with E-state index in [0.29, 0.717) is 22.2 Å². The number of anilines is 1. The summed E-state index contributed by atoms with van der Waals surface area (Å²) in [6, 6.07) is 11.6. The molecular formula is C24H31Cl2N3O4S. The van der Waals surface area contributed by atoms with E-state index in [1.54, 1.807) is 37.3 Å². The highest BCUT2D eigenvalue weighted by Gasteiger charge is 2.26. The molecule has 0 saturated heterocycles. The Kier molecular flexibility index (Phi) is 10.2. The number of halogens is 2. The first-order valence-corrected chi connectivity index (χ1v) is 13.6. The molecule has 1 N–H and O–H groups in total. The average Bonchev–Trinajstić information content (AvgIpc) is 2.80. The maximum atomic E-state index is 13.1. The van der Waals surface area contributed by atoms with Gasteiger partial charge in [-0.15, -0.1) is 0 Å². The maximum absolute atomic E-state index is 13.1. The number of hydrogen-bond acceptors (Lipinski definition) is 4. The fraction of sp³-hybridized carbons (Fsp3) is 0.417. The van der Waals surface area contributed by atoms with Crippen LogP contribution in [-0.2, 0) is 32.6 Å². The Bertz CT molecular complexity index is 1110. The number of aryl methyl sites for hydroxylation is 1. The van der Waals surface area contributed by atoms with Crippen LogP contribution < -0.4 is 9.62 Å². The Morgan fingerprint density at radius 2 is 1.65 bits per heavy atom. The van der Waals surface area contributed by atoms with Crippen molar-refractivity contribution in [3.63, 3.8) is 0 Å². The Morgan fingerprint density at radius 3 is 2.18 bits per heavy atom. The van der Waals surface area contributed by atoms with Gasteiger partial charge in [-0.3, -0.25) is 13.9 Å². The quantitative estimate of drug-likeness (QED) is 0.472. The van der Waals surface area contributed by atoms with Crippen molar-refractivity contribution in [3.05, 3.63) is 63.6 Å². The molecule has 186 valence electrons. The highest BCUT2D eigenvalue weighted by molar-refractivity contribution is 7.92. The number of rotatable bonds is 11. The molecule has 34 heavy (non-hydrogen) atoms. The van der Waals surface area contributed by atoms with Crippen LogP contribution in [0.1, 0.15) is 37.8 Å². The van der Waals surface area contributed by atoms with Crippen LogP contribution in [0, 0.1) is 0 Å². The molecule has 0 aromatic heterocycles. The van der Waals surface area contributed by atoms with E-state index in [2.05, 4.69) is 5.32 Å². The first kappa shape index (κ1) is 28.0. The van der Waals surface area contributed by atoms with Crippen LogP contribution in [0.4, 0.5) is 5.69 Å². The van der Waals surface area contributed by atoms with Crippen molar-refractivity contribution >= 4 is 50.7 Å². The lowest BCUT2D eigenvalue weighted by molar-refractivity contribution is -0.140. The van der Waals surface area contributed by atoms with E-state index in [-0.39, 0.29) is 31.3 Å². The Hall–Kier alpha value is -2.29. The van der Waals surface area contributed by atoms with Crippen LogP contribution in [0.15, 0.2) is 42.5 Å². The van der Waals surface area contributed by atoms with Gasteiger partial charge in [-0.05, 0) is 55.2 Å². The lowest BCUT2D eigenvalue weighted by Gasteiger charge is -2.29. The monoisotopic (exact) mass is 527 g/mol. The van der Waals surface area contributed by atoms with Crippen molar-refractivity contribution in [1.29, 1.82) is 0 Å². The molecule has 2 aromatic rings. The van der Waals surface area contributed by atoms with E-state index in [9.17, 15) is 18.0 Å². The lowest BCUT2D eigenvalue weighted by atomic mass is 10.1. The summed E-state index contributed by atoms with van der Waals surface area (Å²) in [4.78, 5) is 26.9. The zero-order valence-electron chi connectivity index (χ0n) is 19.8.